The van der Waals surface area contributed by atoms with E-state index in [1.54, 1.807) is 0 Å². The number of guanidine groups is 1. The van der Waals surface area contributed by atoms with E-state index in [0.29, 0.717) is 0 Å². The van der Waals surface area contributed by atoms with Crippen LogP contribution in [0.2, 0.25) is 0 Å². The number of urea groups is 1. The van der Waals surface area contributed by atoms with E-state index in [0.717, 1.165) is 0 Å². The standard InChI is InChI=1S/C4H7N5O2/c5-3(6)7-1-2(10)9-4(11)8-1/h1H,(H4,5,6,7)(H2,8,9,10,11)/i4+1,5+1,6+1,9+1,10+2. The van der Waals surface area contributed by atoms with Crippen LogP contribution in [0.15, 0.2) is 4.99 Å². The average Bonchev–Trinajstić information content (AvgIpc) is 2.09. The van der Waals surface area contributed by atoms with Gasteiger partial charge in [-0.05, 0) is 0 Å². The van der Waals surface area contributed by atoms with E-state index >= 15 is 0 Å². The van der Waals surface area contributed by atoms with Crippen LogP contribution in [-0.4, -0.2) is 24.1 Å². The van der Waals surface area contributed by atoms with Crippen LogP contribution in [0.3, 0.4) is 0 Å². The van der Waals surface area contributed by atoms with E-state index in [9.17, 15) is 9.59 Å². The molecule has 0 aromatic rings. The first-order valence-corrected chi connectivity index (χ1v) is 2.79. The van der Waals surface area contributed by atoms with Gasteiger partial charge in [-0.25, -0.2) is 9.79 Å². The summed E-state index contributed by atoms with van der Waals surface area (Å²) in [5.41, 5.74) is 9.95. The van der Waals surface area contributed by atoms with Gasteiger partial charge in [0.15, 0.2) is 5.96 Å². The molecule has 1 saturated heterocycles. The molecule has 3 amide bonds. The molecule has 1 rings (SSSR count). The molecule has 0 aliphatic carbocycles. The van der Waals surface area contributed by atoms with E-state index in [1.165, 1.54) is 0 Å². The normalized spacial score (nSPS) is 22.4. The molecule has 1 heterocycles. The second kappa shape index (κ2) is 2.45. The highest BCUT2D eigenvalue weighted by molar-refractivity contribution is 6.04. The van der Waals surface area contributed by atoms with E-state index in [1.807, 2.05) is 5.32 Å². The van der Waals surface area contributed by atoms with Crippen molar-refractivity contribution in [1.82, 2.24) is 10.6 Å². The Morgan fingerprint density at radius 3 is 2.64 bits per heavy atom. The van der Waals surface area contributed by atoms with Crippen molar-refractivity contribution >= 4 is 17.9 Å². The predicted octanol–water partition coefficient (Wildman–Crippen LogP) is -2.57. The lowest BCUT2D eigenvalue weighted by atomic mass is 10.5. The Morgan fingerprint density at radius 2 is 2.27 bits per heavy atom. The van der Waals surface area contributed by atoms with Gasteiger partial charge in [0, 0.05) is 0 Å². The Balaban J connectivity index is 2.68. The van der Waals surface area contributed by atoms with Crippen molar-refractivity contribution in [3.63, 3.8) is 0 Å². The van der Waals surface area contributed by atoms with E-state index in [4.69, 9.17) is 11.5 Å². The summed E-state index contributed by atoms with van der Waals surface area (Å²) in [6.07, 6.45) is -0.979. The molecule has 1 atom stereocenters. The van der Waals surface area contributed by atoms with Gasteiger partial charge in [-0.3, -0.25) is 10.1 Å². The zero-order valence-electron chi connectivity index (χ0n) is 5.50. The third-order valence-corrected chi connectivity index (χ3v) is 1.03. The van der Waals surface area contributed by atoms with Crippen molar-refractivity contribution in [2.75, 3.05) is 0 Å². The number of amides is 3. The van der Waals surface area contributed by atoms with Crippen LogP contribution in [0.5, 0.6) is 0 Å². The minimum Gasteiger partial charge on any atom is -0.370 e. The Labute approximate surface area is 61.8 Å². The summed E-state index contributed by atoms with van der Waals surface area (Å²) in [5.74, 6) is -0.796. The molecule has 7 nitrogen and oxygen atoms in total. The molecule has 1 aliphatic rings. The molecule has 0 spiro atoms. The largest absolute Gasteiger partial charge is 0.370 e. The van der Waals surface area contributed by atoms with Gasteiger partial charge in [0.2, 0.25) is 6.17 Å². The molecular formula is C4H7N5O2. The molecule has 7 heteroatoms. The second-order valence-electron chi connectivity index (χ2n) is 1.92. The van der Waals surface area contributed by atoms with Gasteiger partial charge < -0.3 is 16.8 Å². The average molecular weight is 163 g/mol. The Kier molecular flexibility index (Phi) is 1.63. The number of carbonyl (C=O) groups is 2. The molecule has 6 N–H and O–H groups in total. The second-order valence-corrected chi connectivity index (χ2v) is 1.92. The van der Waals surface area contributed by atoms with Crippen LogP contribution in [0.1, 0.15) is 0 Å². The molecule has 60 valence electrons. The molecule has 1 fully saturated rings. The Morgan fingerprint density at radius 1 is 1.64 bits per heavy atom. The van der Waals surface area contributed by atoms with Crippen molar-refractivity contribution in [1.29, 1.82) is 0 Å². The van der Waals surface area contributed by atoms with Crippen LogP contribution in [-0.2, 0) is 4.79 Å². The molecule has 0 aromatic carbocycles. The van der Waals surface area contributed by atoms with Crippen molar-refractivity contribution in [2.24, 2.45) is 16.5 Å². The van der Waals surface area contributed by atoms with Gasteiger partial charge in [0.1, 0.15) is 0 Å². The first-order valence-electron chi connectivity index (χ1n) is 2.79. The van der Waals surface area contributed by atoms with Crippen molar-refractivity contribution < 1.29 is 9.59 Å². The van der Waals surface area contributed by atoms with Gasteiger partial charge in [-0.2, -0.15) is 0 Å². The lowest BCUT2D eigenvalue weighted by Crippen LogP contribution is -2.33. The van der Waals surface area contributed by atoms with Crippen LogP contribution < -0.4 is 22.1 Å². The topological polar surface area (TPSA) is 123 Å². The van der Waals surface area contributed by atoms with E-state index < -0.39 is 18.1 Å². The fraction of sp³-hybridized carbons (Fsp3) is 0.250. The number of hydrogen-bond donors (Lipinski definition) is 4. The lowest BCUT2D eigenvalue weighted by Gasteiger charge is -1.98. The summed E-state index contributed by atoms with van der Waals surface area (Å²) in [7, 11) is 0. The summed E-state index contributed by atoms with van der Waals surface area (Å²) < 4.78 is 0. The minimum atomic E-state index is -0.979. The molecule has 0 radical (unpaired) electrons. The van der Waals surface area contributed by atoms with E-state index in [2.05, 4.69) is 10.3 Å². The number of carbonyl (C=O) groups excluding carboxylic acids is 2. The molecule has 11 heavy (non-hydrogen) atoms. The number of hydrogen-bond acceptors (Lipinski definition) is 3. The summed E-state index contributed by atoms with van der Waals surface area (Å²) in [6.45, 7) is 0. The SMILES string of the molecule is [15NH2]C([15NH2])=NC1N[13C](=O)[15NH]C1=[18O]. The fourth-order valence-electron chi connectivity index (χ4n) is 0.646. The number of nitrogens with one attached hydrogen (secondary N) is 2. The first-order chi connectivity index (χ1) is 5.09. The highest BCUT2D eigenvalue weighted by atomic mass is 18.1. The fourth-order valence-corrected chi connectivity index (χ4v) is 0.646. The molecule has 1 unspecified atom stereocenters. The smallest absolute Gasteiger partial charge is 0.323 e. The van der Waals surface area contributed by atoms with Gasteiger partial charge >= 0.3 is 6.03 Å². The van der Waals surface area contributed by atoms with Gasteiger partial charge in [-0.1, -0.05) is 0 Å². The molecule has 1 aliphatic heterocycles. The summed E-state index contributed by atoms with van der Waals surface area (Å²) in [5, 5.41) is 4.15. The van der Waals surface area contributed by atoms with Crippen molar-refractivity contribution in [3.05, 3.63) is 0 Å². The van der Waals surface area contributed by atoms with Crippen LogP contribution >= 0.6 is 0 Å². The third-order valence-electron chi connectivity index (χ3n) is 1.03. The molecule has 0 bridgehead atoms. The molecule has 0 aromatic heterocycles. The maximum Gasteiger partial charge on any atom is 0.323 e. The number of imide groups is 1. The predicted molar refractivity (Wildman–Crippen MR) is 36.3 cm³/mol. The van der Waals surface area contributed by atoms with Crippen LogP contribution in [0.25, 0.3) is 0 Å². The summed E-state index contributed by atoms with van der Waals surface area (Å²) >= 11 is 0. The van der Waals surface area contributed by atoms with Gasteiger partial charge in [0.05, 0.1) is 0 Å². The molecular weight excluding hydrogens is 156 g/mol. The first kappa shape index (κ1) is 7.32. The van der Waals surface area contributed by atoms with Crippen molar-refractivity contribution in [2.45, 2.75) is 6.17 Å². The number of aliphatic imine (C=N–C) groups is 1. The third kappa shape index (κ3) is 1.57. The zero-order valence-corrected chi connectivity index (χ0v) is 5.50. The van der Waals surface area contributed by atoms with Crippen LogP contribution in [0, 0.1) is 0 Å². The number of nitrogens with two attached hydrogens (primary N) is 2. The lowest BCUT2D eigenvalue weighted by molar-refractivity contribution is -0.120. The van der Waals surface area contributed by atoms with Crippen LogP contribution in [0.4, 0.5) is 4.79 Å². The van der Waals surface area contributed by atoms with E-state index in [-0.39, 0.29) is 5.96 Å². The maximum atomic E-state index is 10.7. The summed E-state index contributed by atoms with van der Waals surface area (Å²) in [4.78, 5) is 24.6. The Hall–Kier alpha value is -1.79. The zero-order chi connectivity index (χ0) is 8.43. The van der Waals surface area contributed by atoms with Gasteiger partial charge in [-0.15, -0.1) is 0 Å². The summed E-state index contributed by atoms with van der Waals surface area (Å²) in [6, 6.07) is -0.593. The maximum absolute atomic E-state index is 10.7. The molecule has 0 saturated carbocycles. The minimum absolute atomic E-state index is 0.243. The van der Waals surface area contributed by atoms with Crippen molar-refractivity contribution in [3.8, 4) is 0 Å². The Bertz CT molecular complexity index is 231. The number of rotatable bonds is 1. The quantitative estimate of drug-likeness (QED) is 0.0846. The highest BCUT2D eigenvalue weighted by Gasteiger charge is 2.28. The van der Waals surface area contributed by atoms with Gasteiger partial charge in [0.25, 0.3) is 5.91 Å². The highest BCUT2D eigenvalue weighted by Crippen LogP contribution is 1.92. The number of nitrogens with zero attached hydrogens (tertiary/aromatic N) is 1. The monoisotopic (exact) mass is 163 g/mol.